The molecule has 3 N–H and O–H groups in total. The van der Waals surface area contributed by atoms with Crippen molar-refractivity contribution in [1.82, 2.24) is 15.1 Å². The fourth-order valence-corrected chi connectivity index (χ4v) is 3.44. The summed E-state index contributed by atoms with van der Waals surface area (Å²) in [5.41, 5.74) is 7.45. The van der Waals surface area contributed by atoms with Crippen molar-refractivity contribution in [3.8, 4) is 0 Å². The molecule has 0 atom stereocenters. The molecule has 21 heavy (non-hydrogen) atoms. The first-order chi connectivity index (χ1) is 10.1. The highest BCUT2D eigenvalue weighted by molar-refractivity contribution is 7.21. The van der Waals surface area contributed by atoms with Gasteiger partial charge < -0.3 is 15.5 Å². The Morgan fingerprint density at radius 1 is 1.57 bits per heavy atom. The average molecular weight is 304 g/mol. The third-order valence-electron chi connectivity index (χ3n) is 3.33. The van der Waals surface area contributed by atoms with Crippen molar-refractivity contribution < 1.29 is 9.21 Å². The van der Waals surface area contributed by atoms with Crippen molar-refractivity contribution in [2.75, 3.05) is 12.3 Å². The molecule has 110 valence electrons. The van der Waals surface area contributed by atoms with Gasteiger partial charge in [-0.25, -0.2) is 0 Å². The molecule has 3 aromatic heterocycles. The minimum Gasteiger partial charge on any atom is -0.469 e. The van der Waals surface area contributed by atoms with Crippen LogP contribution in [0.4, 0.5) is 5.69 Å². The van der Waals surface area contributed by atoms with E-state index in [1.807, 2.05) is 26.1 Å². The van der Waals surface area contributed by atoms with Crippen LogP contribution >= 0.6 is 11.3 Å². The number of carbonyl (C=O) groups is 1. The normalized spacial score (nSPS) is 11.1. The Hall–Kier alpha value is -2.28. The summed E-state index contributed by atoms with van der Waals surface area (Å²) in [5.74, 6) is 0.694. The number of hydrogen-bond acceptors (Lipinski definition) is 5. The van der Waals surface area contributed by atoms with Crippen LogP contribution in [0, 0.1) is 6.92 Å². The molecular formula is C14H16N4O2S. The van der Waals surface area contributed by atoms with Gasteiger partial charge in [-0.3, -0.25) is 9.48 Å². The van der Waals surface area contributed by atoms with E-state index in [2.05, 4.69) is 10.4 Å². The number of fused-ring (bicyclic) bond motifs is 1. The van der Waals surface area contributed by atoms with Crippen molar-refractivity contribution in [2.45, 2.75) is 13.3 Å². The Morgan fingerprint density at radius 2 is 2.38 bits per heavy atom. The second-order valence-electron chi connectivity index (χ2n) is 4.82. The standard InChI is InChI=1S/C14H16N4O2S/c1-8-10-11(15)12(21-14(10)18(2)17-8)13(19)16-6-5-9-4-3-7-20-9/h3-4,7H,5-6,15H2,1-2H3,(H,16,19). The largest absolute Gasteiger partial charge is 0.469 e. The number of carbonyl (C=O) groups excluding carboxylic acids is 1. The van der Waals surface area contributed by atoms with Gasteiger partial charge in [0.05, 0.1) is 23.0 Å². The van der Waals surface area contributed by atoms with Crippen molar-refractivity contribution >= 4 is 33.1 Å². The van der Waals surface area contributed by atoms with E-state index in [1.54, 1.807) is 10.9 Å². The maximum atomic E-state index is 12.2. The summed E-state index contributed by atoms with van der Waals surface area (Å²) in [6, 6.07) is 3.71. The molecule has 0 spiro atoms. The Morgan fingerprint density at radius 3 is 3.05 bits per heavy atom. The Kier molecular flexibility index (Phi) is 3.42. The number of amides is 1. The number of nitrogens with one attached hydrogen (secondary N) is 1. The number of aryl methyl sites for hydroxylation is 2. The molecule has 7 heteroatoms. The van der Waals surface area contributed by atoms with Crippen molar-refractivity contribution in [3.05, 3.63) is 34.7 Å². The minimum absolute atomic E-state index is 0.153. The average Bonchev–Trinajstić information content (AvgIpc) is 3.11. The molecule has 0 aliphatic rings. The van der Waals surface area contributed by atoms with Crippen molar-refractivity contribution in [1.29, 1.82) is 0 Å². The van der Waals surface area contributed by atoms with Crippen LogP contribution in [0.2, 0.25) is 0 Å². The Labute approximate surface area is 125 Å². The molecule has 0 aliphatic heterocycles. The fourth-order valence-electron chi connectivity index (χ4n) is 2.33. The van der Waals surface area contributed by atoms with Crippen LogP contribution in [-0.2, 0) is 13.5 Å². The third-order valence-corrected chi connectivity index (χ3v) is 4.60. The number of nitrogen functional groups attached to an aromatic ring is 1. The van der Waals surface area contributed by atoms with Gasteiger partial charge in [-0.2, -0.15) is 5.10 Å². The molecule has 0 aromatic carbocycles. The summed E-state index contributed by atoms with van der Waals surface area (Å²) in [4.78, 5) is 13.7. The topological polar surface area (TPSA) is 86.1 Å². The lowest BCUT2D eigenvalue weighted by atomic mass is 10.2. The first-order valence-corrected chi connectivity index (χ1v) is 7.41. The molecule has 0 saturated heterocycles. The molecular weight excluding hydrogens is 288 g/mol. The summed E-state index contributed by atoms with van der Waals surface area (Å²) < 4.78 is 6.98. The third kappa shape index (κ3) is 2.40. The number of aromatic nitrogens is 2. The van der Waals surface area contributed by atoms with Gasteiger partial charge in [-0.05, 0) is 19.1 Å². The van der Waals surface area contributed by atoms with Crippen LogP contribution < -0.4 is 11.1 Å². The van der Waals surface area contributed by atoms with Crippen LogP contribution in [0.15, 0.2) is 22.8 Å². The molecule has 0 fully saturated rings. The highest BCUT2D eigenvalue weighted by Gasteiger charge is 2.20. The molecule has 0 bridgehead atoms. The number of hydrogen-bond donors (Lipinski definition) is 2. The van der Waals surface area contributed by atoms with E-state index in [0.717, 1.165) is 21.7 Å². The van der Waals surface area contributed by atoms with Gasteiger partial charge in [0.2, 0.25) is 0 Å². The quantitative estimate of drug-likeness (QED) is 0.773. The highest BCUT2D eigenvalue weighted by Crippen LogP contribution is 2.35. The summed E-state index contributed by atoms with van der Waals surface area (Å²) in [6.07, 6.45) is 2.28. The van der Waals surface area contributed by atoms with Crippen LogP contribution in [0.25, 0.3) is 10.2 Å². The summed E-state index contributed by atoms with van der Waals surface area (Å²) in [5, 5.41) is 8.05. The second-order valence-corrected chi connectivity index (χ2v) is 5.82. The maximum absolute atomic E-state index is 12.2. The van der Waals surface area contributed by atoms with Crippen molar-refractivity contribution in [2.24, 2.45) is 7.05 Å². The molecule has 0 aliphatic carbocycles. The van der Waals surface area contributed by atoms with E-state index in [9.17, 15) is 4.79 Å². The lowest BCUT2D eigenvalue weighted by Gasteiger charge is -2.03. The molecule has 0 unspecified atom stereocenters. The number of anilines is 1. The van der Waals surface area contributed by atoms with Crippen LogP contribution in [-0.4, -0.2) is 22.2 Å². The summed E-state index contributed by atoms with van der Waals surface area (Å²) in [7, 11) is 1.85. The van der Waals surface area contributed by atoms with E-state index < -0.39 is 0 Å². The molecule has 3 rings (SSSR count). The van der Waals surface area contributed by atoms with E-state index in [0.29, 0.717) is 23.5 Å². The first-order valence-electron chi connectivity index (χ1n) is 6.60. The van der Waals surface area contributed by atoms with E-state index in [-0.39, 0.29) is 5.91 Å². The lowest BCUT2D eigenvalue weighted by molar-refractivity contribution is 0.0958. The van der Waals surface area contributed by atoms with E-state index in [4.69, 9.17) is 10.2 Å². The number of rotatable bonds is 4. The Bertz CT molecular complexity index is 786. The molecule has 0 saturated carbocycles. The van der Waals surface area contributed by atoms with Gasteiger partial charge in [-0.15, -0.1) is 11.3 Å². The predicted molar refractivity (Wildman–Crippen MR) is 82.5 cm³/mol. The Balaban J connectivity index is 1.75. The second kappa shape index (κ2) is 5.25. The van der Waals surface area contributed by atoms with Gasteiger partial charge in [0.15, 0.2) is 0 Å². The molecule has 6 nitrogen and oxygen atoms in total. The fraction of sp³-hybridized carbons (Fsp3) is 0.286. The van der Waals surface area contributed by atoms with Crippen LogP contribution in [0.5, 0.6) is 0 Å². The van der Waals surface area contributed by atoms with E-state index >= 15 is 0 Å². The van der Waals surface area contributed by atoms with Crippen LogP contribution in [0.3, 0.4) is 0 Å². The van der Waals surface area contributed by atoms with Gasteiger partial charge >= 0.3 is 0 Å². The first kappa shape index (κ1) is 13.7. The zero-order valence-electron chi connectivity index (χ0n) is 11.8. The minimum atomic E-state index is -0.153. The predicted octanol–water partition coefficient (Wildman–Crippen LogP) is 2.09. The van der Waals surface area contributed by atoms with Gasteiger partial charge in [-0.1, -0.05) is 0 Å². The summed E-state index contributed by atoms with van der Waals surface area (Å²) >= 11 is 1.37. The number of furan rings is 1. The zero-order valence-corrected chi connectivity index (χ0v) is 12.7. The molecule has 0 radical (unpaired) electrons. The highest BCUT2D eigenvalue weighted by atomic mass is 32.1. The van der Waals surface area contributed by atoms with Gasteiger partial charge in [0.1, 0.15) is 15.5 Å². The number of nitrogens with zero attached hydrogens (tertiary/aromatic N) is 2. The molecule has 3 aromatic rings. The number of nitrogens with two attached hydrogens (primary N) is 1. The van der Waals surface area contributed by atoms with Crippen molar-refractivity contribution in [3.63, 3.8) is 0 Å². The zero-order chi connectivity index (χ0) is 15.0. The van der Waals surface area contributed by atoms with Crippen LogP contribution in [0.1, 0.15) is 21.1 Å². The van der Waals surface area contributed by atoms with Gasteiger partial charge in [0.25, 0.3) is 5.91 Å². The molecule has 3 heterocycles. The molecule has 1 amide bonds. The maximum Gasteiger partial charge on any atom is 0.263 e. The SMILES string of the molecule is Cc1nn(C)c2sc(C(=O)NCCc3ccco3)c(N)c12. The number of thiophene rings is 1. The van der Waals surface area contributed by atoms with Gasteiger partial charge in [0, 0.05) is 20.0 Å². The smallest absolute Gasteiger partial charge is 0.263 e. The summed E-state index contributed by atoms with van der Waals surface area (Å²) in [6.45, 7) is 2.40. The van der Waals surface area contributed by atoms with E-state index in [1.165, 1.54) is 11.3 Å². The lowest BCUT2D eigenvalue weighted by Crippen LogP contribution is -2.25. The monoisotopic (exact) mass is 304 g/mol.